The molecule has 0 bridgehead atoms. The number of nitrogens with two attached hydrogens (primary N) is 1. The highest BCUT2D eigenvalue weighted by Gasteiger charge is 2.31. The summed E-state index contributed by atoms with van der Waals surface area (Å²) in [6.45, 7) is 9.08. The van der Waals surface area contributed by atoms with Gasteiger partial charge in [-0.05, 0) is 52.6 Å². The first-order valence-electron chi connectivity index (χ1n) is 6.43. The van der Waals surface area contributed by atoms with Crippen LogP contribution in [0.2, 0.25) is 0 Å². The van der Waals surface area contributed by atoms with Crippen molar-refractivity contribution in [2.24, 2.45) is 17.1 Å². The molecule has 0 spiro atoms. The fourth-order valence-corrected chi connectivity index (χ4v) is 2.31. The molecule has 2 unspecified atom stereocenters. The lowest BCUT2D eigenvalue weighted by Gasteiger charge is -2.25. The lowest BCUT2D eigenvalue weighted by Crippen LogP contribution is -2.33. The Morgan fingerprint density at radius 2 is 2.24 bits per heavy atom. The van der Waals surface area contributed by atoms with E-state index in [1.54, 1.807) is 0 Å². The maximum absolute atomic E-state index is 11.6. The van der Waals surface area contributed by atoms with E-state index >= 15 is 0 Å². The number of likely N-dealkylation sites (tertiary alicyclic amines) is 1. The number of esters is 1. The van der Waals surface area contributed by atoms with E-state index in [0.29, 0.717) is 5.92 Å². The Morgan fingerprint density at radius 1 is 1.59 bits per heavy atom. The fourth-order valence-electron chi connectivity index (χ4n) is 2.31. The van der Waals surface area contributed by atoms with Crippen molar-refractivity contribution >= 4 is 5.97 Å². The molecule has 0 aromatic rings. The molecule has 1 aliphatic rings. The van der Waals surface area contributed by atoms with Gasteiger partial charge in [-0.3, -0.25) is 4.79 Å². The molecule has 4 heteroatoms. The van der Waals surface area contributed by atoms with E-state index in [4.69, 9.17) is 10.5 Å². The largest absolute Gasteiger partial charge is 0.469 e. The molecule has 2 atom stereocenters. The predicted molar refractivity (Wildman–Crippen MR) is 68.6 cm³/mol. The van der Waals surface area contributed by atoms with E-state index < -0.39 is 0 Å². The predicted octanol–water partition coefficient (Wildman–Crippen LogP) is 1.24. The molecule has 17 heavy (non-hydrogen) atoms. The lowest BCUT2D eigenvalue weighted by atomic mass is 9.89. The SMILES string of the molecule is COC(=O)C(C)(C)CCN1CCC(C(C)N)C1. The normalized spacial score (nSPS) is 23.7. The molecule has 0 radical (unpaired) electrons. The summed E-state index contributed by atoms with van der Waals surface area (Å²) in [4.78, 5) is 14.0. The molecule has 1 saturated heterocycles. The molecular weight excluding hydrogens is 216 g/mol. The van der Waals surface area contributed by atoms with Gasteiger partial charge in [0.1, 0.15) is 0 Å². The van der Waals surface area contributed by atoms with Crippen LogP contribution in [-0.4, -0.2) is 43.7 Å². The number of hydrogen-bond donors (Lipinski definition) is 1. The number of hydrogen-bond acceptors (Lipinski definition) is 4. The van der Waals surface area contributed by atoms with Crippen LogP contribution in [0.5, 0.6) is 0 Å². The first kappa shape index (κ1) is 14.5. The molecule has 4 nitrogen and oxygen atoms in total. The van der Waals surface area contributed by atoms with Crippen LogP contribution in [0, 0.1) is 11.3 Å². The zero-order valence-electron chi connectivity index (χ0n) is 11.5. The van der Waals surface area contributed by atoms with Gasteiger partial charge in [-0.15, -0.1) is 0 Å². The molecular formula is C13H26N2O2. The standard InChI is InChI=1S/C13H26N2O2/c1-10(14)11-5-7-15(9-11)8-6-13(2,3)12(16)17-4/h10-11H,5-9,14H2,1-4H3. The molecule has 0 aromatic carbocycles. The number of rotatable bonds is 5. The summed E-state index contributed by atoms with van der Waals surface area (Å²) in [5, 5.41) is 0. The third-order valence-corrected chi connectivity index (χ3v) is 3.84. The van der Waals surface area contributed by atoms with Crippen LogP contribution in [0.15, 0.2) is 0 Å². The minimum atomic E-state index is -0.388. The zero-order valence-corrected chi connectivity index (χ0v) is 11.5. The maximum atomic E-state index is 11.6. The molecule has 1 fully saturated rings. The first-order chi connectivity index (χ1) is 7.86. The molecule has 0 aliphatic carbocycles. The third kappa shape index (κ3) is 3.96. The molecule has 1 heterocycles. The lowest BCUT2D eigenvalue weighted by molar-refractivity contribution is -0.151. The average Bonchev–Trinajstić information content (AvgIpc) is 2.74. The van der Waals surface area contributed by atoms with Crippen molar-refractivity contribution in [1.82, 2.24) is 4.90 Å². The second-order valence-corrected chi connectivity index (χ2v) is 5.83. The summed E-state index contributed by atoms with van der Waals surface area (Å²) >= 11 is 0. The molecule has 2 N–H and O–H groups in total. The molecule has 0 aromatic heterocycles. The number of carbonyl (C=O) groups is 1. The van der Waals surface area contributed by atoms with E-state index in [0.717, 1.165) is 26.1 Å². The number of ether oxygens (including phenoxy) is 1. The Morgan fingerprint density at radius 3 is 2.71 bits per heavy atom. The van der Waals surface area contributed by atoms with Crippen molar-refractivity contribution in [2.75, 3.05) is 26.7 Å². The van der Waals surface area contributed by atoms with Gasteiger partial charge < -0.3 is 15.4 Å². The zero-order chi connectivity index (χ0) is 13.1. The van der Waals surface area contributed by atoms with Crippen LogP contribution >= 0.6 is 0 Å². The topological polar surface area (TPSA) is 55.6 Å². The van der Waals surface area contributed by atoms with E-state index in [1.807, 2.05) is 13.8 Å². The van der Waals surface area contributed by atoms with Gasteiger partial charge in [0.2, 0.25) is 0 Å². The number of methoxy groups -OCH3 is 1. The minimum Gasteiger partial charge on any atom is -0.469 e. The summed E-state index contributed by atoms with van der Waals surface area (Å²) in [6, 6.07) is 0.272. The van der Waals surface area contributed by atoms with Crippen LogP contribution in [-0.2, 0) is 9.53 Å². The number of nitrogens with zero attached hydrogens (tertiary/aromatic N) is 1. The quantitative estimate of drug-likeness (QED) is 0.737. The van der Waals surface area contributed by atoms with Gasteiger partial charge in [0.25, 0.3) is 0 Å². The second-order valence-electron chi connectivity index (χ2n) is 5.83. The van der Waals surface area contributed by atoms with Gasteiger partial charge in [-0.1, -0.05) is 0 Å². The Hall–Kier alpha value is -0.610. The molecule has 100 valence electrons. The van der Waals surface area contributed by atoms with Gasteiger partial charge >= 0.3 is 5.97 Å². The molecule has 0 amide bonds. The number of carbonyl (C=O) groups excluding carboxylic acids is 1. The highest BCUT2D eigenvalue weighted by molar-refractivity contribution is 5.75. The monoisotopic (exact) mass is 242 g/mol. The second kappa shape index (κ2) is 5.83. The summed E-state index contributed by atoms with van der Waals surface area (Å²) in [6.07, 6.45) is 2.02. The minimum absolute atomic E-state index is 0.125. The summed E-state index contributed by atoms with van der Waals surface area (Å²) in [5.74, 6) is 0.483. The Labute approximate surface area is 104 Å². The van der Waals surface area contributed by atoms with E-state index in [2.05, 4.69) is 11.8 Å². The van der Waals surface area contributed by atoms with Crippen LogP contribution in [0.4, 0.5) is 0 Å². The third-order valence-electron chi connectivity index (χ3n) is 3.84. The fraction of sp³-hybridized carbons (Fsp3) is 0.923. The van der Waals surface area contributed by atoms with Gasteiger partial charge in [0.15, 0.2) is 0 Å². The van der Waals surface area contributed by atoms with E-state index in [-0.39, 0.29) is 17.4 Å². The maximum Gasteiger partial charge on any atom is 0.311 e. The van der Waals surface area contributed by atoms with Crippen molar-refractivity contribution in [2.45, 2.75) is 39.7 Å². The van der Waals surface area contributed by atoms with Crippen LogP contribution in [0.25, 0.3) is 0 Å². The van der Waals surface area contributed by atoms with Gasteiger partial charge in [0, 0.05) is 12.6 Å². The van der Waals surface area contributed by atoms with Gasteiger partial charge in [-0.25, -0.2) is 0 Å². The highest BCUT2D eigenvalue weighted by atomic mass is 16.5. The van der Waals surface area contributed by atoms with Crippen molar-refractivity contribution in [3.63, 3.8) is 0 Å². The molecule has 1 aliphatic heterocycles. The van der Waals surface area contributed by atoms with Crippen LogP contribution < -0.4 is 5.73 Å². The highest BCUT2D eigenvalue weighted by Crippen LogP contribution is 2.25. The Kier molecular flexibility index (Phi) is 4.95. The van der Waals surface area contributed by atoms with Crippen molar-refractivity contribution < 1.29 is 9.53 Å². The van der Waals surface area contributed by atoms with Crippen LogP contribution in [0.1, 0.15) is 33.6 Å². The van der Waals surface area contributed by atoms with Gasteiger partial charge in [-0.2, -0.15) is 0 Å². The molecule has 0 saturated carbocycles. The summed E-state index contributed by atoms with van der Waals surface area (Å²) in [7, 11) is 1.45. The Bertz CT molecular complexity index is 264. The van der Waals surface area contributed by atoms with Gasteiger partial charge in [0.05, 0.1) is 12.5 Å². The Balaban J connectivity index is 2.35. The smallest absolute Gasteiger partial charge is 0.311 e. The first-order valence-corrected chi connectivity index (χ1v) is 6.43. The summed E-state index contributed by atoms with van der Waals surface area (Å²) < 4.78 is 4.81. The van der Waals surface area contributed by atoms with Crippen LogP contribution in [0.3, 0.4) is 0 Å². The van der Waals surface area contributed by atoms with Crippen molar-refractivity contribution in [3.8, 4) is 0 Å². The molecule has 1 rings (SSSR count). The van der Waals surface area contributed by atoms with Crippen molar-refractivity contribution in [1.29, 1.82) is 0 Å². The average molecular weight is 242 g/mol. The van der Waals surface area contributed by atoms with Crippen molar-refractivity contribution in [3.05, 3.63) is 0 Å². The van der Waals surface area contributed by atoms with E-state index in [1.165, 1.54) is 13.5 Å². The summed E-state index contributed by atoms with van der Waals surface area (Å²) in [5.41, 5.74) is 5.52. The van der Waals surface area contributed by atoms with E-state index in [9.17, 15) is 4.79 Å².